The molecule has 0 spiro atoms. The Balaban J connectivity index is 1.95. The first-order valence-corrected chi connectivity index (χ1v) is 7.20. The van der Waals surface area contributed by atoms with Gasteiger partial charge in [-0.25, -0.2) is 14.3 Å². The van der Waals surface area contributed by atoms with Crippen molar-refractivity contribution in [2.24, 2.45) is 0 Å². The summed E-state index contributed by atoms with van der Waals surface area (Å²) in [6, 6.07) is 0.689. The van der Waals surface area contributed by atoms with E-state index >= 15 is 0 Å². The Morgan fingerprint density at radius 3 is 2.83 bits per heavy atom. The molecule has 0 radical (unpaired) electrons. The van der Waals surface area contributed by atoms with Gasteiger partial charge in [-0.3, -0.25) is 9.55 Å². The molecule has 0 saturated carbocycles. The summed E-state index contributed by atoms with van der Waals surface area (Å²) < 4.78 is 40.2. The maximum atomic E-state index is 12.7. The Kier molecular flexibility index (Phi) is 3.90. The molecule has 2 aromatic heterocycles. The smallest absolute Gasteiger partial charge is 0.416 e. The molecule has 3 heterocycles. The monoisotopic (exact) mass is 342 g/mol. The summed E-state index contributed by atoms with van der Waals surface area (Å²) in [4.78, 5) is 27.4. The van der Waals surface area contributed by atoms with Gasteiger partial charge >= 0.3 is 17.8 Å². The third kappa shape index (κ3) is 2.91. The van der Waals surface area contributed by atoms with Crippen LogP contribution in [0.1, 0.15) is 36.0 Å². The van der Waals surface area contributed by atoms with E-state index in [2.05, 4.69) is 10.1 Å². The van der Waals surface area contributed by atoms with Crippen molar-refractivity contribution in [2.45, 2.75) is 38.0 Å². The van der Waals surface area contributed by atoms with Crippen molar-refractivity contribution in [3.05, 3.63) is 45.9 Å². The van der Waals surface area contributed by atoms with Crippen LogP contribution in [0.4, 0.5) is 13.2 Å². The zero-order valence-corrected chi connectivity index (χ0v) is 12.3. The van der Waals surface area contributed by atoms with E-state index < -0.39 is 29.4 Å². The van der Waals surface area contributed by atoms with Gasteiger partial charge in [0.15, 0.2) is 0 Å². The van der Waals surface area contributed by atoms with Crippen molar-refractivity contribution in [3.63, 3.8) is 0 Å². The van der Waals surface area contributed by atoms with Gasteiger partial charge in [0.2, 0.25) is 0 Å². The number of carbonyl (C=O) groups is 1. The molecule has 1 N–H and O–H groups in total. The zero-order chi connectivity index (χ0) is 17.5. The van der Waals surface area contributed by atoms with Crippen molar-refractivity contribution in [3.8, 4) is 0 Å². The molecule has 10 heteroatoms. The number of aromatic nitrogens is 4. The number of alkyl halides is 3. The molecule has 0 amide bonds. The summed E-state index contributed by atoms with van der Waals surface area (Å²) in [5, 5.41) is 13.3. The quantitative estimate of drug-likeness (QED) is 0.912. The second-order valence-corrected chi connectivity index (χ2v) is 5.51. The summed E-state index contributed by atoms with van der Waals surface area (Å²) in [6.45, 7) is -0.255. The number of fused-ring (bicyclic) bond motifs is 1. The van der Waals surface area contributed by atoms with Gasteiger partial charge in [-0.15, -0.1) is 0 Å². The predicted molar refractivity (Wildman–Crippen MR) is 74.4 cm³/mol. The molecule has 0 aliphatic carbocycles. The molecule has 128 valence electrons. The van der Waals surface area contributed by atoms with Crippen LogP contribution in [-0.2, 0) is 23.9 Å². The Labute approximate surface area is 133 Å². The van der Waals surface area contributed by atoms with Crippen molar-refractivity contribution >= 4 is 5.97 Å². The first kappa shape index (κ1) is 16.2. The number of hydrogen-bond donors (Lipinski definition) is 1. The van der Waals surface area contributed by atoms with Crippen LogP contribution in [0.2, 0.25) is 0 Å². The number of aryl methyl sites for hydroxylation is 1. The Hall–Kier alpha value is -2.65. The summed E-state index contributed by atoms with van der Waals surface area (Å²) in [5.41, 5.74) is -1.50. The largest absolute Gasteiger partial charge is 0.480 e. The normalized spacial score (nSPS) is 17.5. The lowest BCUT2D eigenvalue weighted by Gasteiger charge is -2.19. The van der Waals surface area contributed by atoms with E-state index in [-0.39, 0.29) is 12.2 Å². The fourth-order valence-corrected chi connectivity index (χ4v) is 2.76. The van der Waals surface area contributed by atoms with Crippen LogP contribution < -0.4 is 5.69 Å². The molecule has 2 aromatic rings. The first-order valence-electron chi connectivity index (χ1n) is 7.20. The summed E-state index contributed by atoms with van der Waals surface area (Å²) in [6.07, 6.45) is -2.16. The van der Waals surface area contributed by atoms with Crippen LogP contribution in [0.5, 0.6) is 0 Å². The van der Waals surface area contributed by atoms with E-state index in [4.69, 9.17) is 0 Å². The number of nitrogens with zero attached hydrogens (tertiary/aromatic N) is 4. The highest BCUT2D eigenvalue weighted by molar-refractivity contribution is 5.72. The van der Waals surface area contributed by atoms with Crippen LogP contribution in [0.3, 0.4) is 0 Å². The maximum absolute atomic E-state index is 12.7. The second kappa shape index (κ2) is 5.77. The minimum absolute atomic E-state index is 0.0225. The van der Waals surface area contributed by atoms with E-state index in [1.807, 2.05) is 0 Å². The zero-order valence-electron chi connectivity index (χ0n) is 12.3. The molecule has 0 saturated heterocycles. The third-order valence-electron chi connectivity index (χ3n) is 3.87. The maximum Gasteiger partial charge on any atom is 0.416 e. The van der Waals surface area contributed by atoms with Crippen LogP contribution in [0.15, 0.2) is 23.1 Å². The number of carboxylic acid groups (broad SMARTS) is 1. The minimum atomic E-state index is -4.51. The van der Waals surface area contributed by atoms with Gasteiger partial charge in [-0.05, 0) is 25.0 Å². The molecule has 3 rings (SSSR count). The first-order chi connectivity index (χ1) is 11.3. The number of aliphatic carboxylic acids is 1. The lowest BCUT2D eigenvalue weighted by Crippen LogP contribution is -2.34. The molecular weight excluding hydrogens is 329 g/mol. The van der Waals surface area contributed by atoms with Crippen molar-refractivity contribution in [2.75, 3.05) is 0 Å². The molecule has 7 nitrogen and oxygen atoms in total. The lowest BCUT2D eigenvalue weighted by molar-refractivity contribution is -0.141. The molecule has 1 atom stereocenters. The van der Waals surface area contributed by atoms with Gasteiger partial charge in [-0.1, -0.05) is 0 Å². The summed E-state index contributed by atoms with van der Waals surface area (Å²) in [7, 11) is 0. The Morgan fingerprint density at radius 1 is 1.42 bits per heavy atom. The molecule has 0 bridgehead atoms. The molecule has 0 fully saturated rings. The summed E-state index contributed by atoms with van der Waals surface area (Å²) >= 11 is 0. The second-order valence-electron chi connectivity index (χ2n) is 5.51. The SMILES string of the molecule is O=C(O)[C@H]1CCCc2nn(Cc3cc(C(F)(F)F)ccn3)c(=O)n21. The Bertz CT molecular complexity index is 841. The van der Waals surface area contributed by atoms with Crippen LogP contribution in [0, 0.1) is 0 Å². The van der Waals surface area contributed by atoms with Gasteiger partial charge in [0, 0.05) is 12.6 Å². The highest BCUT2D eigenvalue weighted by atomic mass is 19.4. The number of carboxylic acids is 1. The van der Waals surface area contributed by atoms with Crippen LogP contribution >= 0.6 is 0 Å². The molecular formula is C14H13F3N4O3. The van der Waals surface area contributed by atoms with E-state index in [9.17, 15) is 27.9 Å². The molecule has 1 aliphatic rings. The van der Waals surface area contributed by atoms with Gasteiger partial charge in [0.05, 0.1) is 17.8 Å². The van der Waals surface area contributed by atoms with Gasteiger partial charge in [0.25, 0.3) is 0 Å². The average molecular weight is 342 g/mol. The van der Waals surface area contributed by atoms with E-state index in [1.165, 1.54) is 0 Å². The lowest BCUT2D eigenvalue weighted by atomic mass is 10.1. The number of hydrogen-bond acceptors (Lipinski definition) is 4. The van der Waals surface area contributed by atoms with E-state index in [1.54, 1.807) is 0 Å². The molecule has 0 aromatic carbocycles. The van der Waals surface area contributed by atoms with Gasteiger partial charge in [0.1, 0.15) is 11.9 Å². The van der Waals surface area contributed by atoms with Crippen LogP contribution in [0.25, 0.3) is 0 Å². The van der Waals surface area contributed by atoms with Gasteiger partial charge in [-0.2, -0.15) is 18.3 Å². The van der Waals surface area contributed by atoms with E-state index in [0.29, 0.717) is 25.1 Å². The summed E-state index contributed by atoms with van der Waals surface area (Å²) in [5.74, 6) is -0.805. The number of pyridine rings is 1. The Morgan fingerprint density at radius 2 is 2.17 bits per heavy atom. The number of rotatable bonds is 3. The standard InChI is InChI=1S/C14H13F3N4O3/c15-14(16,17)8-4-5-18-9(6-8)7-20-13(24)21-10(12(22)23)2-1-3-11(21)19-20/h4-6,10H,1-3,7H2,(H,22,23)/t10-/m1/s1. The third-order valence-corrected chi connectivity index (χ3v) is 3.87. The minimum Gasteiger partial charge on any atom is -0.480 e. The molecule has 24 heavy (non-hydrogen) atoms. The fraction of sp³-hybridized carbons (Fsp3) is 0.429. The van der Waals surface area contributed by atoms with Crippen LogP contribution in [-0.4, -0.2) is 30.4 Å². The highest BCUT2D eigenvalue weighted by Crippen LogP contribution is 2.29. The molecule has 1 aliphatic heterocycles. The average Bonchev–Trinajstić information content (AvgIpc) is 2.83. The predicted octanol–water partition coefficient (Wildman–Crippen LogP) is 1.47. The van der Waals surface area contributed by atoms with E-state index in [0.717, 1.165) is 27.6 Å². The van der Waals surface area contributed by atoms with Gasteiger partial charge < -0.3 is 5.11 Å². The number of halogens is 3. The molecule has 0 unspecified atom stereocenters. The highest BCUT2D eigenvalue weighted by Gasteiger charge is 2.32. The topological polar surface area (TPSA) is 90.0 Å². The van der Waals surface area contributed by atoms with Crippen molar-refractivity contribution < 1.29 is 23.1 Å². The fourth-order valence-electron chi connectivity index (χ4n) is 2.76. The van der Waals surface area contributed by atoms with Crippen molar-refractivity contribution in [1.82, 2.24) is 19.3 Å². The van der Waals surface area contributed by atoms with Crippen molar-refractivity contribution in [1.29, 1.82) is 0 Å².